The van der Waals surface area contributed by atoms with Gasteiger partial charge in [-0.3, -0.25) is 4.98 Å². The molecule has 2 N–H and O–H groups in total. The first-order chi connectivity index (χ1) is 9.28. The van der Waals surface area contributed by atoms with Crippen LogP contribution in [0.5, 0.6) is 0 Å². The van der Waals surface area contributed by atoms with Gasteiger partial charge in [-0.25, -0.2) is 4.79 Å². The van der Waals surface area contributed by atoms with Crippen molar-refractivity contribution < 1.29 is 4.42 Å². The Balaban J connectivity index is 2.06. The van der Waals surface area contributed by atoms with Crippen LogP contribution in [0.15, 0.2) is 44.2 Å². The predicted molar refractivity (Wildman–Crippen MR) is 76.7 cm³/mol. The quantitative estimate of drug-likeness (QED) is 0.769. The van der Waals surface area contributed by atoms with Crippen molar-refractivity contribution in [1.29, 1.82) is 0 Å². The molecular weight excluding hydrogens is 260 g/mol. The lowest BCUT2D eigenvalue weighted by atomic mass is 10.0. The number of hydrogen-bond acceptors (Lipinski definition) is 4. The largest absolute Gasteiger partial charge is 0.417 e. The summed E-state index contributed by atoms with van der Waals surface area (Å²) in [6.45, 7) is 2.95. The van der Waals surface area contributed by atoms with E-state index in [2.05, 4.69) is 34.1 Å². The van der Waals surface area contributed by atoms with Gasteiger partial charge < -0.3 is 9.73 Å². The molecule has 2 aromatic heterocycles. The number of benzene rings is 1. The molecule has 0 aliphatic carbocycles. The van der Waals surface area contributed by atoms with Gasteiger partial charge in [0.1, 0.15) is 0 Å². The van der Waals surface area contributed by atoms with Crippen molar-refractivity contribution in [2.45, 2.75) is 13.0 Å². The highest BCUT2D eigenvalue weighted by molar-refractivity contribution is 7.08. The van der Waals surface area contributed by atoms with Crippen molar-refractivity contribution in [3.63, 3.8) is 0 Å². The van der Waals surface area contributed by atoms with Gasteiger partial charge in [0.25, 0.3) is 0 Å². The van der Waals surface area contributed by atoms with Crippen LogP contribution in [-0.2, 0) is 0 Å². The van der Waals surface area contributed by atoms with Gasteiger partial charge in [0, 0.05) is 0 Å². The maximum atomic E-state index is 11.2. The number of thiophene rings is 1. The Bertz CT molecular complexity index is 727. The highest BCUT2D eigenvalue weighted by atomic mass is 32.1. The van der Waals surface area contributed by atoms with Crippen molar-refractivity contribution in [1.82, 2.24) is 10.3 Å². The number of hydrogen-bond donors (Lipinski definition) is 2. The van der Waals surface area contributed by atoms with E-state index in [-0.39, 0.29) is 6.04 Å². The fraction of sp³-hybridized carbons (Fsp3) is 0.214. The molecule has 0 radical (unpaired) electrons. The Labute approximate surface area is 114 Å². The molecule has 0 amide bonds. The summed E-state index contributed by atoms with van der Waals surface area (Å²) in [7, 11) is 0. The molecule has 2 heterocycles. The minimum absolute atomic E-state index is 0.126. The lowest BCUT2D eigenvalue weighted by molar-refractivity contribution is 0.554. The molecule has 3 rings (SSSR count). The fourth-order valence-electron chi connectivity index (χ4n) is 2.21. The fourth-order valence-corrected chi connectivity index (χ4v) is 2.90. The van der Waals surface area contributed by atoms with E-state index in [0.717, 1.165) is 17.6 Å². The Morgan fingerprint density at radius 3 is 3.00 bits per heavy atom. The molecule has 98 valence electrons. The number of rotatable bonds is 4. The van der Waals surface area contributed by atoms with Crippen molar-refractivity contribution in [3.8, 4) is 0 Å². The molecule has 4 nitrogen and oxygen atoms in total. The molecular formula is C14H14N2O2S. The van der Waals surface area contributed by atoms with Crippen molar-refractivity contribution >= 4 is 22.4 Å². The Morgan fingerprint density at radius 1 is 1.37 bits per heavy atom. The molecule has 5 heteroatoms. The van der Waals surface area contributed by atoms with Crippen LogP contribution in [0.25, 0.3) is 11.1 Å². The third-order valence-electron chi connectivity index (χ3n) is 3.06. The van der Waals surface area contributed by atoms with Crippen LogP contribution in [0.2, 0.25) is 0 Å². The average molecular weight is 274 g/mol. The SMILES string of the molecule is CCNC(c1ccsc1)c1ccc2[nH]c(=O)oc2c1. The van der Waals surface area contributed by atoms with Gasteiger partial charge in [0.05, 0.1) is 11.6 Å². The third kappa shape index (κ3) is 2.34. The number of oxazole rings is 1. The third-order valence-corrected chi connectivity index (χ3v) is 3.76. The minimum atomic E-state index is -0.414. The summed E-state index contributed by atoms with van der Waals surface area (Å²) >= 11 is 1.68. The van der Waals surface area contributed by atoms with Crippen LogP contribution in [0.1, 0.15) is 24.1 Å². The Kier molecular flexibility index (Phi) is 3.23. The van der Waals surface area contributed by atoms with Gasteiger partial charge in [0.15, 0.2) is 5.58 Å². The Hall–Kier alpha value is -1.85. The van der Waals surface area contributed by atoms with E-state index < -0.39 is 5.76 Å². The second kappa shape index (κ2) is 5.03. The average Bonchev–Trinajstić information content (AvgIpc) is 3.02. The van der Waals surface area contributed by atoms with Gasteiger partial charge >= 0.3 is 5.76 Å². The Morgan fingerprint density at radius 2 is 2.26 bits per heavy atom. The summed E-state index contributed by atoms with van der Waals surface area (Å²) in [4.78, 5) is 13.8. The molecule has 0 saturated heterocycles. The standard InChI is InChI=1S/C14H14N2O2S/c1-2-15-13(10-5-6-19-8-10)9-3-4-11-12(7-9)18-14(17)16-11/h3-8,13,15H,2H2,1H3,(H,16,17). The second-order valence-corrected chi connectivity index (χ2v) is 5.10. The van der Waals surface area contributed by atoms with E-state index >= 15 is 0 Å². The molecule has 19 heavy (non-hydrogen) atoms. The smallest absolute Gasteiger partial charge is 0.408 e. The highest BCUT2D eigenvalue weighted by Crippen LogP contribution is 2.26. The van der Waals surface area contributed by atoms with Crippen molar-refractivity contribution in [3.05, 3.63) is 56.7 Å². The lowest BCUT2D eigenvalue weighted by Crippen LogP contribution is -2.21. The maximum absolute atomic E-state index is 11.2. The molecule has 0 fully saturated rings. The van der Waals surface area contributed by atoms with Crippen LogP contribution in [0, 0.1) is 0 Å². The molecule has 0 aliphatic heterocycles. The molecule has 1 aromatic carbocycles. The zero-order valence-electron chi connectivity index (χ0n) is 10.5. The van der Waals surface area contributed by atoms with Gasteiger partial charge in [-0.15, -0.1) is 0 Å². The summed E-state index contributed by atoms with van der Waals surface area (Å²) in [6.07, 6.45) is 0. The van der Waals surface area contributed by atoms with E-state index in [1.165, 1.54) is 5.56 Å². The summed E-state index contributed by atoms with van der Waals surface area (Å²) < 4.78 is 5.12. The first-order valence-corrected chi connectivity index (χ1v) is 7.10. The zero-order chi connectivity index (χ0) is 13.2. The summed E-state index contributed by atoms with van der Waals surface area (Å²) in [5.74, 6) is -0.414. The van der Waals surface area contributed by atoms with Crippen LogP contribution >= 0.6 is 11.3 Å². The van der Waals surface area contributed by atoms with Crippen molar-refractivity contribution in [2.24, 2.45) is 0 Å². The van der Waals surface area contributed by atoms with Crippen LogP contribution in [0.4, 0.5) is 0 Å². The van der Waals surface area contributed by atoms with E-state index in [4.69, 9.17) is 4.42 Å². The number of aromatic amines is 1. The monoisotopic (exact) mass is 274 g/mol. The lowest BCUT2D eigenvalue weighted by Gasteiger charge is -2.17. The van der Waals surface area contributed by atoms with E-state index in [9.17, 15) is 4.79 Å². The maximum Gasteiger partial charge on any atom is 0.417 e. The number of H-pyrrole nitrogens is 1. The molecule has 3 aromatic rings. The first-order valence-electron chi connectivity index (χ1n) is 6.16. The predicted octanol–water partition coefficient (Wildman–Crippen LogP) is 2.88. The molecule has 0 aliphatic rings. The summed E-state index contributed by atoms with van der Waals surface area (Å²) in [6, 6.07) is 8.04. The van der Waals surface area contributed by atoms with E-state index in [1.807, 2.05) is 18.2 Å². The van der Waals surface area contributed by atoms with Crippen LogP contribution in [-0.4, -0.2) is 11.5 Å². The molecule has 0 spiro atoms. The number of fused-ring (bicyclic) bond motifs is 1. The topological polar surface area (TPSA) is 58.0 Å². The van der Waals surface area contributed by atoms with Gasteiger partial charge in [-0.2, -0.15) is 11.3 Å². The first kappa shape index (κ1) is 12.2. The molecule has 0 bridgehead atoms. The molecule has 0 saturated carbocycles. The molecule has 1 atom stereocenters. The van der Waals surface area contributed by atoms with Gasteiger partial charge in [-0.05, 0) is 46.6 Å². The van der Waals surface area contributed by atoms with E-state index in [1.54, 1.807) is 11.3 Å². The van der Waals surface area contributed by atoms with Crippen molar-refractivity contribution in [2.75, 3.05) is 6.54 Å². The summed E-state index contributed by atoms with van der Waals surface area (Å²) in [5, 5.41) is 7.64. The van der Waals surface area contributed by atoms with Gasteiger partial charge in [0.2, 0.25) is 0 Å². The second-order valence-electron chi connectivity index (χ2n) is 4.32. The number of nitrogens with one attached hydrogen (secondary N) is 2. The van der Waals surface area contributed by atoms with Crippen LogP contribution < -0.4 is 11.1 Å². The normalized spacial score (nSPS) is 12.9. The summed E-state index contributed by atoms with van der Waals surface area (Å²) in [5.41, 5.74) is 3.65. The van der Waals surface area contributed by atoms with E-state index in [0.29, 0.717) is 5.58 Å². The number of aromatic nitrogens is 1. The highest BCUT2D eigenvalue weighted by Gasteiger charge is 2.14. The zero-order valence-corrected chi connectivity index (χ0v) is 11.3. The van der Waals surface area contributed by atoms with Gasteiger partial charge in [-0.1, -0.05) is 13.0 Å². The minimum Gasteiger partial charge on any atom is -0.408 e. The molecule has 1 unspecified atom stereocenters. The van der Waals surface area contributed by atoms with Crippen LogP contribution in [0.3, 0.4) is 0 Å².